The molecule has 1 amide bonds. The van der Waals surface area contributed by atoms with E-state index in [9.17, 15) is 4.79 Å². The maximum Gasteiger partial charge on any atom is 0.240 e. The van der Waals surface area contributed by atoms with Crippen LogP contribution < -0.4 is 5.32 Å². The number of imidazole rings is 1. The van der Waals surface area contributed by atoms with Crippen LogP contribution in [0.3, 0.4) is 0 Å². The highest BCUT2D eigenvalue weighted by Gasteiger charge is 2.16. The highest BCUT2D eigenvalue weighted by atomic mass is 32.1. The van der Waals surface area contributed by atoms with Crippen molar-refractivity contribution in [3.63, 3.8) is 0 Å². The average molecular weight is 340 g/mol. The summed E-state index contributed by atoms with van der Waals surface area (Å²) in [6.07, 6.45) is 3.54. The van der Waals surface area contributed by atoms with E-state index in [2.05, 4.69) is 15.3 Å². The van der Waals surface area contributed by atoms with E-state index in [0.29, 0.717) is 0 Å². The SMILES string of the molecule is Cc1nc(C(C)NC(=O)Cn2ccnc2-c2ccccc2)c(C)s1. The normalized spacial score (nSPS) is 12.1. The van der Waals surface area contributed by atoms with Gasteiger partial charge in [0.15, 0.2) is 0 Å². The summed E-state index contributed by atoms with van der Waals surface area (Å²) in [5.41, 5.74) is 1.94. The molecule has 2 aromatic heterocycles. The first-order valence-corrected chi connectivity index (χ1v) is 8.66. The molecule has 0 saturated carbocycles. The molecular formula is C18H20N4OS. The van der Waals surface area contributed by atoms with E-state index in [1.807, 2.05) is 61.9 Å². The van der Waals surface area contributed by atoms with Crippen LogP contribution in [0, 0.1) is 13.8 Å². The van der Waals surface area contributed by atoms with Crippen molar-refractivity contribution in [2.75, 3.05) is 0 Å². The monoisotopic (exact) mass is 340 g/mol. The lowest BCUT2D eigenvalue weighted by Gasteiger charge is -2.14. The van der Waals surface area contributed by atoms with Crippen LogP contribution in [0.25, 0.3) is 11.4 Å². The molecule has 1 aromatic carbocycles. The van der Waals surface area contributed by atoms with Crippen LogP contribution in [0.15, 0.2) is 42.7 Å². The highest BCUT2D eigenvalue weighted by Crippen LogP contribution is 2.22. The predicted molar refractivity (Wildman–Crippen MR) is 95.8 cm³/mol. The summed E-state index contributed by atoms with van der Waals surface area (Å²) in [5, 5.41) is 4.04. The standard InChI is InChI=1S/C18H20N4OS/c1-12(17-13(2)24-14(3)21-17)20-16(23)11-22-10-9-19-18(22)15-7-5-4-6-8-15/h4-10,12H,11H2,1-3H3,(H,20,23). The molecule has 3 aromatic rings. The fraction of sp³-hybridized carbons (Fsp3) is 0.278. The first-order chi connectivity index (χ1) is 11.5. The van der Waals surface area contributed by atoms with Gasteiger partial charge < -0.3 is 9.88 Å². The molecule has 0 spiro atoms. The van der Waals surface area contributed by atoms with Crippen molar-refractivity contribution in [1.29, 1.82) is 0 Å². The Labute approximate surface area is 145 Å². The Kier molecular flexibility index (Phi) is 4.76. The zero-order valence-electron chi connectivity index (χ0n) is 14.0. The Hall–Kier alpha value is -2.47. The molecule has 1 N–H and O–H groups in total. The van der Waals surface area contributed by atoms with E-state index in [0.717, 1.165) is 27.0 Å². The minimum Gasteiger partial charge on any atom is -0.346 e. The first-order valence-electron chi connectivity index (χ1n) is 7.84. The summed E-state index contributed by atoms with van der Waals surface area (Å²) in [7, 11) is 0. The van der Waals surface area contributed by atoms with E-state index in [4.69, 9.17) is 0 Å². The number of amides is 1. The second-order valence-corrected chi connectivity index (χ2v) is 7.12. The van der Waals surface area contributed by atoms with Crippen molar-refractivity contribution in [2.24, 2.45) is 0 Å². The summed E-state index contributed by atoms with van der Waals surface area (Å²) >= 11 is 1.65. The maximum atomic E-state index is 12.4. The summed E-state index contributed by atoms with van der Waals surface area (Å²) in [4.78, 5) is 22.4. The van der Waals surface area contributed by atoms with Gasteiger partial charge in [-0.1, -0.05) is 30.3 Å². The third kappa shape index (κ3) is 3.54. The number of benzene rings is 1. The Morgan fingerprint density at radius 2 is 2.04 bits per heavy atom. The third-order valence-corrected chi connectivity index (χ3v) is 4.69. The molecule has 0 fully saturated rings. The number of thiazole rings is 1. The molecule has 0 saturated heterocycles. The van der Waals surface area contributed by atoms with Crippen molar-refractivity contribution in [2.45, 2.75) is 33.4 Å². The van der Waals surface area contributed by atoms with E-state index >= 15 is 0 Å². The number of nitrogens with zero attached hydrogens (tertiary/aromatic N) is 3. The van der Waals surface area contributed by atoms with Crippen molar-refractivity contribution in [3.05, 3.63) is 58.3 Å². The molecule has 0 aliphatic carbocycles. The molecule has 124 valence electrons. The zero-order valence-corrected chi connectivity index (χ0v) is 14.8. The van der Waals surface area contributed by atoms with Gasteiger partial charge in [0.25, 0.3) is 0 Å². The average Bonchev–Trinajstić information content (AvgIpc) is 3.14. The lowest BCUT2D eigenvalue weighted by atomic mass is 10.2. The van der Waals surface area contributed by atoms with E-state index in [1.54, 1.807) is 17.5 Å². The van der Waals surface area contributed by atoms with Gasteiger partial charge >= 0.3 is 0 Å². The molecule has 0 radical (unpaired) electrons. The van der Waals surface area contributed by atoms with Crippen LogP contribution in [-0.4, -0.2) is 20.4 Å². The van der Waals surface area contributed by atoms with E-state index in [1.165, 1.54) is 0 Å². The van der Waals surface area contributed by atoms with Gasteiger partial charge in [-0.2, -0.15) is 0 Å². The van der Waals surface area contributed by atoms with Crippen molar-refractivity contribution in [1.82, 2.24) is 19.9 Å². The zero-order chi connectivity index (χ0) is 17.1. The molecule has 0 bridgehead atoms. The molecule has 1 atom stereocenters. The number of hydrogen-bond acceptors (Lipinski definition) is 4. The molecule has 0 aliphatic rings. The molecule has 3 rings (SSSR count). The fourth-order valence-corrected chi connectivity index (χ4v) is 3.66. The van der Waals surface area contributed by atoms with E-state index in [-0.39, 0.29) is 18.5 Å². The number of aromatic nitrogens is 3. The highest BCUT2D eigenvalue weighted by molar-refractivity contribution is 7.11. The Bertz CT molecular complexity index is 838. The topological polar surface area (TPSA) is 59.8 Å². The van der Waals surface area contributed by atoms with Crippen molar-refractivity contribution in [3.8, 4) is 11.4 Å². The minimum atomic E-state index is -0.105. The van der Waals surface area contributed by atoms with Gasteiger partial charge in [0.05, 0.1) is 16.7 Å². The Morgan fingerprint density at radius 3 is 2.71 bits per heavy atom. The van der Waals surface area contributed by atoms with Gasteiger partial charge in [0.1, 0.15) is 12.4 Å². The van der Waals surface area contributed by atoms with Crippen LogP contribution in [0.1, 0.15) is 28.5 Å². The smallest absolute Gasteiger partial charge is 0.240 e. The van der Waals surface area contributed by atoms with Gasteiger partial charge in [0.2, 0.25) is 5.91 Å². The maximum absolute atomic E-state index is 12.4. The number of carbonyl (C=O) groups excluding carboxylic acids is 1. The third-order valence-electron chi connectivity index (χ3n) is 3.79. The van der Waals surface area contributed by atoms with Crippen molar-refractivity contribution < 1.29 is 4.79 Å². The van der Waals surface area contributed by atoms with Gasteiger partial charge in [-0.3, -0.25) is 4.79 Å². The van der Waals surface area contributed by atoms with Crippen LogP contribution >= 0.6 is 11.3 Å². The number of hydrogen-bond donors (Lipinski definition) is 1. The van der Waals surface area contributed by atoms with Crippen LogP contribution in [0.4, 0.5) is 0 Å². The molecule has 0 aliphatic heterocycles. The summed E-state index contributed by atoms with van der Waals surface area (Å²) in [6, 6.07) is 9.75. The quantitative estimate of drug-likeness (QED) is 0.773. The summed E-state index contributed by atoms with van der Waals surface area (Å²) in [5.74, 6) is 0.738. The van der Waals surface area contributed by atoms with Gasteiger partial charge in [-0.25, -0.2) is 9.97 Å². The summed E-state index contributed by atoms with van der Waals surface area (Å²) < 4.78 is 1.86. The van der Waals surface area contributed by atoms with Gasteiger partial charge in [-0.15, -0.1) is 11.3 Å². The predicted octanol–water partition coefficient (Wildman–Crippen LogP) is 3.50. The largest absolute Gasteiger partial charge is 0.346 e. The Balaban J connectivity index is 1.70. The molecule has 6 heteroatoms. The second kappa shape index (κ2) is 6.97. The number of aryl methyl sites for hydroxylation is 2. The first kappa shape index (κ1) is 16.4. The van der Waals surface area contributed by atoms with E-state index < -0.39 is 0 Å². The van der Waals surface area contributed by atoms with Crippen LogP contribution in [-0.2, 0) is 11.3 Å². The molecule has 24 heavy (non-hydrogen) atoms. The number of nitrogens with one attached hydrogen (secondary N) is 1. The number of rotatable bonds is 5. The summed E-state index contributed by atoms with van der Waals surface area (Å²) in [6.45, 7) is 6.21. The van der Waals surface area contributed by atoms with Gasteiger partial charge in [-0.05, 0) is 20.8 Å². The van der Waals surface area contributed by atoms with Crippen LogP contribution in [0.2, 0.25) is 0 Å². The minimum absolute atomic E-state index is 0.0530. The molecule has 1 unspecified atom stereocenters. The lowest BCUT2D eigenvalue weighted by molar-refractivity contribution is -0.122. The number of carbonyl (C=O) groups is 1. The fourth-order valence-electron chi connectivity index (χ4n) is 2.74. The van der Waals surface area contributed by atoms with Gasteiger partial charge in [0, 0.05) is 22.8 Å². The molecular weight excluding hydrogens is 320 g/mol. The molecule has 2 heterocycles. The Morgan fingerprint density at radius 1 is 1.29 bits per heavy atom. The second-order valence-electron chi connectivity index (χ2n) is 5.71. The van der Waals surface area contributed by atoms with Crippen molar-refractivity contribution >= 4 is 17.2 Å². The molecule has 5 nitrogen and oxygen atoms in total. The van der Waals surface area contributed by atoms with Crippen LogP contribution in [0.5, 0.6) is 0 Å². The lowest BCUT2D eigenvalue weighted by Crippen LogP contribution is -2.30.